The molecule has 134 valence electrons. The Morgan fingerprint density at radius 2 is 2.04 bits per heavy atom. The number of rotatable bonds is 7. The first-order chi connectivity index (χ1) is 12.6. The molecule has 2 heterocycles. The van der Waals surface area contributed by atoms with Gasteiger partial charge in [0.1, 0.15) is 12.0 Å². The van der Waals surface area contributed by atoms with Crippen LogP contribution >= 0.6 is 0 Å². The van der Waals surface area contributed by atoms with Gasteiger partial charge in [0.25, 0.3) is 11.6 Å². The maximum atomic E-state index is 10.8. The van der Waals surface area contributed by atoms with Gasteiger partial charge in [-0.25, -0.2) is 4.98 Å². The van der Waals surface area contributed by atoms with E-state index in [9.17, 15) is 10.1 Å². The van der Waals surface area contributed by atoms with Crippen LogP contribution in [0.25, 0.3) is 11.5 Å². The first-order valence-corrected chi connectivity index (χ1v) is 8.33. The van der Waals surface area contributed by atoms with Gasteiger partial charge in [-0.1, -0.05) is 24.2 Å². The summed E-state index contributed by atoms with van der Waals surface area (Å²) in [7, 11) is 0. The maximum absolute atomic E-state index is 10.8. The first kappa shape index (κ1) is 17.5. The highest BCUT2D eigenvalue weighted by molar-refractivity contribution is 5.53. The molecule has 0 unspecified atom stereocenters. The van der Waals surface area contributed by atoms with Gasteiger partial charge in [0.05, 0.1) is 4.92 Å². The number of nitro groups is 1. The molecule has 0 spiro atoms. The fourth-order valence-corrected chi connectivity index (χ4v) is 2.50. The van der Waals surface area contributed by atoms with E-state index in [1.54, 1.807) is 13.0 Å². The van der Waals surface area contributed by atoms with Crippen molar-refractivity contribution in [1.29, 1.82) is 0 Å². The summed E-state index contributed by atoms with van der Waals surface area (Å²) in [6.45, 7) is 4.35. The molecule has 0 aliphatic rings. The Kier molecular flexibility index (Phi) is 5.21. The Balaban J connectivity index is 1.57. The number of anilines is 1. The molecule has 2 aromatic heterocycles. The summed E-state index contributed by atoms with van der Waals surface area (Å²) in [5.41, 5.74) is 2.65. The van der Waals surface area contributed by atoms with E-state index in [0.29, 0.717) is 29.6 Å². The molecule has 1 N–H and O–H groups in total. The largest absolute Gasteiger partial charge is 0.370 e. The minimum Gasteiger partial charge on any atom is -0.370 e. The van der Waals surface area contributed by atoms with Crippen molar-refractivity contribution in [2.45, 2.75) is 26.7 Å². The number of benzene rings is 1. The number of nitrogens with zero attached hydrogens (tertiary/aromatic N) is 4. The van der Waals surface area contributed by atoms with Crippen LogP contribution in [0.2, 0.25) is 0 Å². The van der Waals surface area contributed by atoms with Crippen molar-refractivity contribution in [3.63, 3.8) is 0 Å². The van der Waals surface area contributed by atoms with Gasteiger partial charge in [-0.05, 0) is 37.1 Å². The van der Waals surface area contributed by atoms with Gasteiger partial charge >= 0.3 is 0 Å². The van der Waals surface area contributed by atoms with E-state index in [2.05, 4.69) is 20.4 Å². The van der Waals surface area contributed by atoms with E-state index < -0.39 is 4.92 Å². The van der Waals surface area contributed by atoms with Crippen molar-refractivity contribution < 1.29 is 9.45 Å². The average Bonchev–Trinajstić information content (AvgIpc) is 3.11. The lowest BCUT2D eigenvalue weighted by atomic mass is 10.1. The van der Waals surface area contributed by atoms with Gasteiger partial charge in [0.15, 0.2) is 5.82 Å². The van der Waals surface area contributed by atoms with Crippen molar-refractivity contribution in [2.75, 3.05) is 11.9 Å². The Morgan fingerprint density at radius 3 is 2.65 bits per heavy atom. The van der Waals surface area contributed by atoms with Crippen LogP contribution in [-0.4, -0.2) is 26.6 Å². The fraction of sp³-hybridized carbons (Fsp3) is 0.278. The van der Waals surface area contributed by atoms with Crippen molar-refractivity contribution >= 4 is 11.5 Å². The average molecular weight is 353 g/mol. The zero-order valence-electron chi connectivity index (χ0n) is 14.6. The van der Waals surface area contributed by atoms with Crippen molar-refractivity contribution in [2.24, 2.45) is 0 Å². The third-order valence-electron chi connectivity index (χ3n) is 3.98. The molecule has 0 atom stereocenters. The molecule has 0 saturated heterocycles. The second-order valence-corrected chi connectivity index (χ2v) is 5.86. The highest BCUT2D eigenvalue weighted by atomic mass is 16.6. The number of hydrogen-bond acceptors (Lipinski definition) is 7. The van der Waals surface area contributed by atoms with Gasteiger partial charge in [0.2, 0.25) is 0 Å². The van der Waals surface area contributed by atoms with E-state index >= 15 is 0 Å². The summed E-state index contributed by atoms with van der Waals surface area (Å²) in [6, 6.07) is 9.62. The summed E-state index contributed by atoms with van der Waals surface area (Å²) < 4.78 is 5.23. The van der Waals surface area contributed by atoms with Crippen LogP contribution in [-0.2, 0) is 12.8 Å². The number of hydrogen-bond donors (Lipinski definition) is 1. The molecule has 0 saturated carbocycles. The number of pyridine rings is 1. The van der Waals surface area contributed by atoms with Crippen LogP contribution in [0.4, 0.5) is 11.5 Å². The van der Waals surface area contributed by atoms with Crippen LogP contribution in [0, 0.1) is 17.0 Å². The number of aromatic nitrogens is 3. The van der Waals surface area contributed by atoms with Crippen molar-refractivity contribution in [1.82, 2.24) is 15.1 Å². The standard InChI is InChI=1S/C18H19N5O3/c1-3-16-21-18(26-22-16)14-6-4-13(5-7-14)8-9-19-17-10-12(2)15(11-20-17)23(24)25/h4-7,10-11H,3,8-9H2,1-2H3,(H,19,20). The summed E-state index contributed by atoms with van der Waals surface area (Å²) >= 11 is 0. The third-order valence-corrected chi connectivity index (χ3v) is 3.98. The van der Waals surface area contributed by atoms with Gasteiger partial charge in [-0.2, -0.15) is 4.98 Å². The number of nitrogens with one attached hydrogen (secondary N) is 1. The van der Waals surface area contributed by atoms with E-state index in [1.807, 2.05) is 31.2 Å². The van der Waals surface area contributed by atoms with Gasteiger partial charge in [-0.15, -0.1) is 0 Å². The summed E-state index contributed by atoms with van der Waals surface area (Å²) in [6.07, 6.45) is 2.81. The normalized spacial score (nSPS) is 10.7. The minimum atomic E-state index is -0.430. The van der Waals surface area contributed by atoms with E-state index in [1.165, 1.54) is 6.20 Å². The molecule has 3 aromatic rings. The van der Waals surface area contributed by atoms with Crippen LogP contribution in [0.15, 0.2) is 41.1 Å². The van der Waals surface area contributed by atoms with Crippen molar-refractivity contribution in [3.05, 3.63) is 63.6 Å². The molecule has 3 rings (SSSR count). The molecule has 26 heavy (non-hydrogen) atoms. The van der Waals surface area contributed by atoms with Crippen LogP contribution < -0.4 is 5.32 Å². The fourth-order valence-electron chi connectivity index (χ4n) is 2.50. The van der Waals surface area contributed by atoms with Gasteiger partial charge in [-0.3, -0.25) is 10.1 Å². The van der Waals surface area contributed by atoms with Gasteiger partial charge in [0, 0.05) is 24.1 Å². The summed E-state index contributed by atoms with van der Waals surface area (Å²) in [5.74, 6) is 1.85. The monoisotopic (exact) mass is 353 g/mol. The lowest BCUT2D eigenvalue weighted by Gasteiger charge is -2.07. The SMILES string of the molecule is CCc1noc(-c2ccc(CCNc3cc(C)c([N+](=O)[O-])cn3)cc2)n1. The Morgan fingerprint density at radius 1 is 1.27 bits per heavy atom. The molecule has 0 fully saturated rings. The lowest BCUT2D eigenvalue weighted by molar-refractivity contribution is -0.385. The zero-order chi connectivity index (χ0) is 18.5. The second-order valence-electron chi connectivity index (χ2n) is 5.86. The second kappa shape index (κ2) is 7.73. The summed E-state index contributed by atoms with van der Waals surface area (Å²) in [5, 5.41) is 17.9. The smallest absolute Gasteiger partial charge is 0.290 e. The molecule has 1 aromatic carbocycles. The molecular formula is C18H19N5O3. The Hall–Kier alpha value is -3.29. The summed E-state index contributed by atoms with van der Waals surface area (Å²) in [4.78, 5) is 18.8. The quantitative estimate of drug-likeness (QED) is 0.511. The first-order valence-electron chi connectivity index (χ1n) is 8.33. The maximum Gasteiger partial charge on any atom is 0.290 e. The van der Waals surface area contributed by atoms with Crippen LogP contribution in [0.3, 0.4) is 0 Å². The molecule has 0 aliphatic carbocycles. The lowest BCUT2D eigenvalue weighted by Crippen LogP contribution is -2.07. The van der Waals surface area contributed by atoms with E-state index in [4.69, 9.17) is 4.52 Å². The number of aryl methyl sites for hydroxylation is 2. The van der Waals surface area contributed by atoms with Gasteiger partial charge < -0.3 is 9.84 Å². The molecule has 0 amide bonds. The molecule has 8 nitrogen and oxygen atoms in total. The molecule has 0 aliphatic heterocycles. The molecule has 0 bridgehead atoms. The Bertz CT molecular complexity index is 905. The van der Waals surface area contributed by atoms with Crippen LogP contribution in [0.5, 0.6) is 0 Å². The highest BCUT2D eigenvalue weighted by Gasteiger charge is 2.11. The predicted molar refractivity (Wildman–Crippen MR) is 96.9 cm³/mol. The third kappa shape index (κ3) is 4.02. The Labute approximate surface area is 150 Å². The molecule has 8 heteroatoms. The topological polar surface area (TPSA) is 107 Å². The predicted octanol–water partition coefficient (Wildman–Crippen LogP) is 3.57. The molecular weight excluding hydrogens is 334 g/mol. The van der Waals surface area contributed by atoms with E-state index in [0.717, 1.165) is 24.0 Å². The van der Waals surface area contributed by atoms with E-state index in [-0.39, 0.29) is 5.69 Å². The van der Waals surface area contributed by atoms with Crippen LogP contribution in [0.1, 0.15) is 23.9 Å². The minimum absolute atomic E-state index is 0.0263. The molecule has 0 radical (unpaired) electrons. The van der Waals surface area contributed by atoms with Crippen molar-refractivity contribution in [3.8, 4) is 11.5 Å². The highest BCUT2D eigenvalue weighted by Crippen LogP contribution is 2.20. The zero-order valence-corrected chi connectivity index (χ0v) is 14.6.